The number of carbonyl (C=O) groups is 1. The lowest BCUT2D eigenvalue weighted by atomic mass is 10.1. The third-order valence-corrected chi connectivity index (χ3v) is 3.58. The van der Waals surface area contributed by atoms with Crippen LogP contribution in [0.5, 0.6) is 0 Å². The molecule has 106 valence electrons. The molecule has 0 bridgehead atoms. The Morgan fingerprint density at radius 2 is 2.15 bits per heavy atom. The minimum atomic E-state index is -0.436. The van der Waals surface area contributed by atoms with E-state index >= 15 is 0 Å². The molecule has 4 heteroatoms. The molecule has 1 aromatic rings. The quantitative estimate of drug-likeness (QED) is 0.829. The summed E-state index contributed by atoms with van der Waals surface area (Å²) in [6.45, 7) is 0.861. The van der Waals surface area contributed by atoms with Crippen LogP contribution in [-0.2, 0) is 0 Å². The number of amides is 1. The van der Waals surface area contributed by atoms with Crippen LogP contribution in [0.2, 0.25) is 0 Å². The largest absolute Gasteiger partial charge is 0.352 e. The molecule has 1 saturated carbocycles. The van der Waals surface area contributed by atoms with Crippen molar-refractivity contribution in [2.45, 2.75) is 25.7 Å². The van der Waals surface area contributed by atoms with Gasteiger partial charge in [0.25, 0.3) is 5.91 Å². The lowest BCUT2D eigenvalue weighted by Gasteiger charge is -2.11. The summed E-state index contributed by atoms with van der Waals surface area (Å²) in [6, 6.07) is 4.04. The van der Waals surface area contributed by atoms with Crippen molar-refractivity contribution in [3.05, 3.63) is 35.1 Å². The topological polar surface area (TPSA) is 55.1 Å². The van der Waals surface area contributed by atoms with Crippen LogP contribution in [0.1, 0.15) is 41.6 Å². The fraction of sp³-hybridized carbons (Fsp3) is 0.438. The fourth-order valence-electron chi connectivity index (χ4n) is 2.51. The van der Waals surface area contributed by atoms with Crippen molar-refractivity contribution in [2.75, 3.05) is 13.1 Å². The zero-order valence-electron chi connectivity index (χ0n) is 11.4. The van der Waals surface area contributed by atoms with Crippen LogP contribution in [-0.4, -0.2) is 19.0 Å². The van der Waals surface area contributed by atoms with Crippen LogP contribution in [0, 0.1) is 23.6 Å². The summed E-state index contributed by atoms with van der Waals surface area (Å²) >= 11 is 0. The molecule has 0 aliphatic heterocycles. The van der Waals surface area contributed by atoms with Crippen LogP contribution in [0.3, 0.4) is 0 Å². The van der Waals surface area contributed by atoms with Crippen molar-refractivity contribution in [1.82, 2.24) is 5.32 Å². The van der Waals surface area contributed by atoms with Crippen LogP contribution in [0.4, 0.5) is 4.39 Å². The maximum Gasteiger partial charge on any atom is 0.252 e. The number of halogens is 1. The van der Waals surface area contributed by atoms with Gasteiger partial charge in [0.1, 0.15) is 5.82 Å². The fourth-order valence-corrected chi connectivity index (χ4v) is 2.51. The number of benzene rings is 1. The zero-order valence-corrected chi connectivity index (χ0v) is 11.4. The van der Waals surface area contributed by atoms with Gasteiger partial charge in [0, 0.05) is 12.1 Å². The van der Waals surface area contributed by atoms with Gasteiger partial charge < -0.3 is 11.1 Å². The van der Waals surface area contributed by atoms with E-state index in [2.05, 4.69) is 17.2 Å². The molecule has 3 nitrogen and oxygen atoms in total. The Balaban J connectivity index is 2.08. The minimum absolute atomic E-state index is 0.209. The van der Waals surface area contributed by atoms with Gasteiger partial charge in [-0.05, 0) is 37.0 Å². The molecule has 1 aliphatic rings. The molecule has 1 aromatic carbocycles. The highest BCUT2D eigenvalue weighted by molar-refractivity contribution is 5.96. The lowest BCUT2D eigenvalue weighted by molar-refractivity contribution is 0.0946. The average molecular weight is 274 g/mol. The Bertz CT molecular complexity index is 539. The van der Waals surface area contributed by atoms with Crippen molar-refractivity contribution in [3.63, 3.8) is 0 Å². The van der Waals surface area contributed by atoms with Crippen LogP contribution in [0.15, 0.2) is 18.2 Å². The molecule has 1 fully saturated rings. The maximum atomic E-state index is 13.3. The second-order valence-electron chi connectivity index (χ2n) is 5.06. The molecule has 20 heavy (non-hydrogen) atoms. The first kappa shape index (κ1) is 14.5. The second-order valence-corrected chi connectivity index (χ2v) is 5.06. The highest BCUT2D eigenvalue weighted by Gasteiger charge is 2.17. The normalized spacial score (nSPS) is 14.7. The highest BCUT2D eigenvalue weighted by Crippen LogP contribution is 2.23. The molecule has 0 atom stereocenters. The predicted molar refractivity (Wildman–Crippen MR) is 76.6 cm³/mol. The summed E-state index contributed by atoms with van der Waals surface area (Å²) in [5.41, 5.74) is 6.12. The molecule has 0 heterocycles. The first-order valence-corrected chi connectivity index (χ1v) is 6.97. The third kappa shape index (κ3) is 3.82. The molecule has 1 aliphatic carbocycles. The van der Waals surface area contributed by atoms with Crippen molar-refractivity contribution >= 4 is 5.91 Å². The molecule has 0 radical (unpaired) electrons. The molecule has 3 N–H and O–H groups in total. The van der Waals surface area contributed by atoms with Gasteiger partial charge in [-0.2, -0.15) is 0 Å². The van der Waals surface area contributed by atoms with Gasteiger partial charge in [0.15, 0.2) is 0 Å². The van der Waals surface area contributed by atoms with E-state index in [1.165, 1.54) is 31.0 Å². The Morgan fingerprint density at radius 1 is 1.40 bits per heavy atom. The summed E-state index contributed by atoms with van der Waals surface area (Å²) in [5, 5.41) is 2.88. The Hall–Kier alpha value is -1.86. The van der Waals surface area contributed by atoms with Crippen molar-refractivity contribution < 1.29 is 9.18 Å². The molecular formula is C16H19FN2O. The van der Waals surface area contributed by atoms with E-state index in [0.717, 1.165) is 12.8 Å². The SMILES string of the molecule is NCC#Cc1ccc(F)cc1C(=O)NCC1CCCC1. The molecule has 1 amide bonds. The number of nitrogens with two attached hydrogens (primary N) is 1. The molecule has 0 saturated heterocycles. The standard InChI is InChI=1S/C16H19FN2O/c17-14-8-7-13(6-3-9-18)15(10-14)16(20)19-11-12-4-1-2-5-12/h7-8,10,12H,1-2,4-5,9,11,18H2,(H,19,20). The number of carbonyl (C=O) groups excluding carboxylic acids is 1. The van der Waals surface area contributed by atoms with Crippen LogP contribution >= 0.6 is 0 Å². The van der Waals surface area contributed by atoms with E-state index in [1.807, 2.05) is 0 Å². The van der Waals surface area contributed by atoms with Gasteiger partial charge in [-0.3, -0.25) is 4.79 Å². The number of rotatable bonds is 3. The van der Waals surface area contributed by atoms with E-state index in [1.54, 1.807) is 0 Å². The highest BCUT2D eigenvalue weighted by atomic mass is 19.1. The number of hydrogen-bond donors (Lipinski definition) is 2. The van der Waals surface area contributed by atoms with E-state index in [9.17, 15) is 9.18 Å². The third-order valence-electron chi connectivity index (χ3n) is 3.58. The zero-order chi connectivity index (χ0) is 14.4. The first-order chi connectivity index (χ1) is 9.70. The summed E-state index contributed by atoms with van der Waals surface area (Å²) in [4.78, 5) is 12.2. The van der Waals surface area contributed by atoms with E-state index in [4.69, 9.17) is 5.73 Å². The van der Waals surface area contributed by atoms with Crippen LogP contribution in [0.25, 0.3) is 0 Å². The van der Waals surface area contributed by atoms with Crippen molar-refractivity contribution in [2.24, 2.45) is 11.7 Å². The summed E-state index contributed by atoms with van der Waals surface area (Å²) < 4.78 is 13.3. The Kier molecular flexibility index (Phi) is 5.14. The van der Waals surface area contributed by atoms with E-state index in [0.29, 0.717) is 18.0 Å². The molecule has 2 rings (SSSR count). The molecule has 0 spiro atoms. The molecule has 0 aromatic heterocycles. The number of hydrogen-bond acceptors (Lipinski definition) is 2. The van der Waals surface area contributed by atoms with Crippen molar-refractivity contribution in [3.8, 4) is 11.8 Å². The summed E-state index contributed by atoms with van der Waals surface area (Å²) in [6.07, 6.45) is 4.77. The van der Waals surface area contributed by atoms with Gasteiger partial charge in [-0.1, -0.05) is 24.7 Å². The summed E-state index contributed by atoms with van der Waals surface area (Å²) in [5.74, 6) is 5.34. The lowest BCUT2D eigenvalue weighted by Crippen LogP contribution is -2.29. The Labute approximate surface area is 118 Å². The number of nitrogens with one attached hydrogen (secondary N) is 1. The monoisotopic (exact) mass is 274 g/mol. The van der Waals surface area contributed by atoms with Gasteiger partial charge in [-0.25, -0.2) is 4.39 Å². The molecule has 0 unspecified atom stereocenters. The van der Waals surface area contributed by atoms with E-state index in [-0.39, 0.29) is 18.0 Å². The van der Waals surface area contributed by atoms with Gasteiger partial charge in [0.2, 0.25) is 0 Å². The average Bonchev–Trinajstić information content (AvgIpc) is 2.96. The minimum Gasteiger partial charge on any atom is -0.352 e. The van der Waals surface area contributed by atoms with E-state index < -0.39 is 5.82 Å². The van der Waals surface area contributed by atoms with Gasteiger partial charge in [0.05, 0.1) is 12.1 Å². The smallest absolute Gasteiger partial charge is 0.252 e. The molecular weight excluding hydrogens is 255 g/mol. The van der Waals surface area contributed by atoms with Gasteiger partial charge in [-0.15, -0.1) is 0 Å². The Morgan fingerprint density at radius 3 is 2.85 bits per heavy atom. The van der Waals surface area contributed by atoms with Crippen LogP contribution < -0.4 is 11.1 Å². The van der Waals surface area contributed by atoms with Crippen molar-refractivity contribution in [1.29, 1.82) is 0 Å². The van der Waals surface area contributed by atoms with Gasteiger partial charge >= 0.3 is 0 Å². The predicted octanol–water partition coefficient (Wildman–Crippen LogP) is 2.06. The second kappa shape index (κ2) is 7.06. The first-order valence-electron chi connectivity index (χ1n) is 6.97. The summed E-state index contributed by atoms with van der Waals surface area (Å²) in [7, 11) is 0. The maximum absolute atomic E-state index is 13.3.